The fourth-order valence-electron chi connectivity index (χ4n) is 1.53. The molecule has 15 heavy (non-hydrogen) atoms. The van der Waals surface area contributed by atoms with Gasteiger partial charge in [-0.25, -0.2) is 16.8 Å². The van der Waals surface area contributed by atoms with Gasteiger partial charge in [0, 0.05) is 25.9 Å². The van der Waals surface area contributed by atoms with Crippen molar-refractivity contribution >= 4 is 19.9 Å². The van der Waals surface area contributed by atoms with Gasteiger partial charge in [-0.2, -0.15) is 4.31 Å². The second kappa shape index (κ2) is 4.36. The van der Waals surface area contributed by atoms with Crippen LogP contribution in [0, 0.1) is 0 Å². The van der Waals surface area contributed by atoms with Gasteiger partial charge < -0.3 is 5.32 Å². The van der Waals surface area contributed by atoms with Gasteiger partial charge in [-0.15, -0.1) is 0 Å². The summed E-state index contributed by atoms with van der Waals surface area (Å²) in [6.07, 6.45) is 1.64. The standard InChI is InChI=1S/C7H16N2O4S2/c1-9(7-3-4-8-5-7)15(12,13)6-14(2,10)11/h7-8H,3-6H2,1-2H3. The first-order chi connectivity index (χ1) is 6.72. The van der Waals surface area contributed by atoms with Crippen molar-refractivity contribution in [3.8, 4) is 0 Å². The third-order valence-corrected chi connectivity index (χ3v) is 6.43. The van der Waals surface area contributed by atoms with Crippen LogP contribution in [0.25, 0.3) is 0 Å². The normalized spacial score (nSPS) is 23.5. The fraction of sp³-hybridized carbons (Fsp3) is 1.00. The van der Waals surface area contributed by atoms with Crippen molar-refractivity contribution in [2.24, 2.45) is 0 Å². The molecular formula is C7H16N2O4S2. The van der Waals surface area contributed by atoms with Crippen molar-refractivity contribution in [1.29, 1.82) is 0 Å². The zero-order valence-corrected chi connectivity index (χ0v) is 10.4. The largest absolute Gasteiger partial charge is 0.315 e. The number of nitrogens with zero attached hydrogens (tertiary/aromatic N) is 1. The summed E-state index contributed by atoms with van der Waals surface area (Å²) in [6, 6.07) is -0.128. The Morgan fingerprint density at radius 2 is 1.93 bits per heavy atom. The van der Waals surface area contributed by atoms with Gasteiger partial charge in [-0.3, -0.25) is 0 Å². The van der Waals surface area contributed by atoms with Crippen LogP contribution in [0.5, 0.6) is 0 Å². The Labute approximate surface area is 90.6 Å². The predicted molar refractivity (Wildman–Crippen MR) is 57.7 cm³/mol. The average Bonchev–Trinajstić information content (AvgIpc) is 2.49. The molecule has 0 aromatic heterocycles. The highest BCUT2D eigenvalue weighted by atomic mass is 32.3. The van der Waals surface area contributed by atoms with Crippen LogP contribution in [0.4, 0.5) is 0 Å². The van der Waals surface area contributed by atoms with E-state index < -0.39 is 24.9 Å². The van der Waals surface area contributed by atoms with E-state index in [4.69, 9.17) is 0 Å². The first-order valence-electron chi connectivity index (χ1n) is 4.56. The first-order valence-corrected chi connectivity index (χ1v) is 8.23. The summed E-state index contributed by atoms with van der Waals surface area (Å²) in [6.45, 7) is 1.35. The second-order valence-corrected chi connectivity index (χ2v) is 8.35. The van der Waals surface area contributed by atoms with Gasteiger partial charge in [0.1, 0.15) is 0 Å². The third kappa shape index (κ3) is 3.71. The van der Waals surface area contributed by atoms with Crippen LogP contribution in [0.3, 0.4) is 0 Å². The number of hydrogen-bond donors (Lipinski definition) is 1. The van der Waals surface area contributed by atoms with Gasteiger partial charge in [0.15, 0.2) is 14.9 Å². The van der Waals surface area contributed by atoms with E-state index in [-0.39, 0.29) is 6.04 Å². The maximum absolute atomic E-state index is 11.7. The van der Waals surface area contributed by atoms with E-state index >= 15 is 0 Å². The molecule has 1 atom stereocenters. The SMILES string of the molecule is CN(C1CCNC1)S(=O)(=O)CS(C)(=O)=O. The lowest BCUT2D eigenvalue weighted by atomic mass is 10.3. The minimum atomic E-state index is -3.70. The van der Waals surface area contributed by atoms with E-state index in [1.165, 1.54) is 7.05 Å². The zero-order valence-electron chi connectivity index (χ0n) is 8.80. The number of sulfone groups is 1. The topological polar surface area (TPSA) is 83.6 Å². The molecule has 1 aliphatic rings. The summed E-state index contributed by atoms with van der Waals surface area (Å²) >= 11 is 0. The molecule has 0 spiro atoms. The molecule has 1 saturated heterocycles. The highest BCUT2D eigenvalue weighted by Gasteiger charge is 2.30. The molecule has 1 N–H and O–H groups in total. The first kappa shape index (κ1) is 12.9. The van der Waals surface area contributed by atoms with Gasteiger partial charge in [-0.05, 0) is 13.0 Å². The van der Waals surface area contributed by atoms with Gasteiger partial charge in [0.05, 0.1) is 0 Å². The van der Waals surface area contributed by atoms with E-state index in [2.05, 4.69) is 5.32 Å². The van der Waals surface area contributed by atoms with Crippen molar-refractivity contribution in [3.63, 3.8) is 0 Å². The molecule has 0 aromatic rings. The molecule has 1 unspecified atom stereocenters. The van der Waals surface area contributed by atoms with Gasteiger partial charge >= 0.3 is 0 Å². The summed E-state index contributed by atoms with van der Waals surface area (Å²) in [5.74, 6) is 0. The van der Waals surface area contributed by atoms with Crippen molar-refractivity contribution in [2.45, 2.75) is 12.5 Å². The van der Waals surface area contributed by atoms with E-state index in [0.29, 0.717) is 6.54 Å². The van der Waals surface area contributed by atoms with Gasteiger partial charge in [0.2, 0.25) is 10.0 Å². The maximum Gasteiger partial charge on any atom is 0.228 e. The Hall–Kier alpha value is -0.180. The minimum Gasteiger partial charge on any atom is -0.315 e. The van der Waals surface area contributed by atoms with Crippen molar-refractivity contribution in [1.82, 2.24) is 9.62 Å². The smallest absolute Gasteiger partial charge is 0.228 e. The molecule has 0 aliphatic carbocycles. The quantitative estimate of drug-likeness (QED) is 0.669. The van der Waals surface area contributed by atoms with Gasteiger partial charge in [-0.1, -0.05) is 0 Å². The molecule has 0 saturated carbocycles. The molecule has 6 nitrogen and oxygen atoms in total. The summed E-state index contributed by atoms with van der Waals surface area (Å²) < 4.78 is 46.4. The zero-order chi connectivity index (χ0) is 11.7. The fourth-order valence-corrected chi connectivity index (χ4v) is 4.99. The molecule has 1 rings (SSSR count). The molecule has 1 fully saturated rings. The lowest BCUT2D eigenvalue weighted by molar-refractivity contribution is 0.390. The summed E-state index contributed by atoms with van der Waals surface area (Å²) in [4.78, 5) is 0. The van der Waals surface area contributed by atoms with Crippen molar-refractivity contribution < 1.29 is 16.8 Å². The Bertz CT molecular complexity index is 408. The van der Waals surface area contributed by atoms with Crippen LogP contribution in [0.15, 0.2) is 0 Å². The Morgan fingerprint density at radius 1 is 1.33 bits per heavy atom. The molecule has 0 amide bonds. The van der Waals surface area contributed by atoms with Crippen LogP contribution in [-0.4, -0.2) is 58.7 Å². The van der Waals surface area contributed by atoms with Crippen LogP contribution in [-0.2, 0) is 19.9 Å². The van der Waals surface area contributed by atoms with Crippen molar-refractivity contribution in [3.05, 3.63) is 0 Å². The minimum absolute atomic E-state index is 0.128. The van der Waals surface area contributed by atoms with E-state index in [9.17, 15) is 16.8 Å². The van der Waals surface area contributed by atoms with Crippen LogP contribution >= 0.6 is 0 Å². The molecule has 8 heteroatoms. The molecule has 0 radical (unpaired) electrons. The number of hydrogen-bond acceptors (Lipinski definition) is 5. The Balaban J connectivity index is 2.77. The van der Waals surface area contributed by atoms with E-state index in [1.807, 2.05) is 0 Å². The predicted octanol–water partition coefficient (Wildman–Crippen LogP) is -1.39. The number of nitrogens with one attached hydrogen (secondary N) is 1. The number of sulfonamides is 1. The summed E-state index contributed by atoms with van der Waals surface area (Å²) in [5.41, 5.74) is 0. The Kier molecular flexibility index (Phi) is 3.75. The van der Waals surface area contributed by atoms with Crippen LogP contribution in [0.1, 0.15) is 6.42 Å². The lowest BCUT2D eigenvalue weighted by Gasteiger charge is -2.22. The molecule has 90 valence electrons. The van der Waals surface area contributed by atoms with Crippen LogP contribution in [0.2, 0.25) is 0 Å². The maximum atomic E-state index is 11.7. The monoisotopic (exact) mass is 256 g/mol. The number of rotatable bonds is 4. The number of likely N-dealkylation sites (N-methyl/N-ethyl adjacent to an activating group) is 1. The lowest BCUT2D eigenvalue weighted by Crippen LogP contribution is -2.40. The van der Waals surface area contributed by atoms with Crippen LogP contribution < -0.4 is 5.32 Å². The van der Waals surface area contributed by atoms with E-state index in [0.717, 1.165) is 23.5 Å². The molecule has 0 bridgehead atoms. The molecule has 1 aliphatic heterocycles. The van der Waals surface area contributed by atoms with Gasteiger partial charge in [0.25, 0.3) is 0 Å². The molecular weight excluding hydrogens is 240 g/mol. The Morgan fingerprint density at radius 3 is 2.33 bits per heavy atom. The second-order valence-electron chi connectivity index (χ2n) is 3.82. The molecule has 0 aromatic carbocycles. The van der Waals surface area contributed by atoms with Crippen molar-refractivity contribution in [2.75, 3.05) is 31.5 Å². The highest BCUT2D eigenvalue weighted by Crippen LogP contribution is 2.12. The molecule has 1 heterocycles. The third-order valence-electron chi connectivity index (χ3n) is 2.35. The average molecular weight is 256 g/mol. The highest BCUT2D eigenvalue weighted by molar-refractivity contribution is 8.06. The van der Waals surface area contributed by atoms with E-state index in [1.54, 1.807) is 0 Å². The summed E-state index contributed by atoms with van der Waals surface area (Å²) in [7, 11) is -5.77. The summed E-state index contributed by atoms with van der Waals surface area (Å²) in [5, 5.41) is 2.22.